The van der Waals surface area contributed by atoms with E-state index in [1.165, 1.54) is 18.2 Å². The highest BCUT2D eigenvalue weighted by Gasteiger charge is 2.32. The standard InChI is InChI=1S/C17H13F3N4O.CH4/c18-17(19,20)25-14-7-2-1-6-12(14)10-4-3-5-11(8-10)13-9-15(21)24-16(22)23-13;/h1-9H,(H4,21,22,23,24);1H4. The molecule has 3 rings (SSSR count). The number of para-hydroxylation sites is 1. The van der Waals surface area contributed by atoms with Crippen molar-refractivity contribution < 1.29 is 17.9 Å². The minimum absolute atomic E-state index is 0. The molecule has 0 saturated heterocycles. The van der Waals surface area contributed by atoms with Crippen molar-refractivity contribution in [2.24, 2.45) is 0 Å². The van der Waals surface area contributed by atoms with Crippen molar-refractivity contribution in [3.05, 3.63) is 54.6 Å². The molecule has 0 unspecified atom stereocenters. The zero-order chi connectivity index (χ0) is 18.0. The first-order valence-corrected chi connectivity index (χ1v) is 7.17. The molecule has 136 valence electrons. The summed E-state index contributed by atoms with van der Waals surface area (Å²) in [6, 6.07) is 14.2. The summed E-state index contributed by atoms with van der Waals surface area (Å²) in [5.74, 6) is -0.0659. The number of hydrogen-bond acceptors (Lipinski definition) is 5. The lowest BCUT2D eigenvalue weighted by atomic mass is 10.0. The van der Waals surface area contributed by atoms with Crippen molar-refractivity contribution in [2.75, 3.05) is 11.5 Å². The molecule has 1 aromatic heterocycles. The van der Waals surface area contributed by atoms with Crippen LogP contribution in [-0.4, -0.2) is 16.3 Å². The first-order chi connectivity index (χ1) is 11.8. The predicted molar refractivity (Wildman–Crippen MR) is 95.1 cm³/mol. The van der Waals surface area contributed by atoms with Crippen LogP contribution in [0.2, 0.25) is 0 Å². The maximum Gasteiger partial charge on any atom is 0.573 e. The van der Waals surface area contributed by atoms with E-state index >= 15 is 0 Å². The summed E-state index contributed by atoms with van der Waals surface area (Å²) in [4.78, 5) is 7.89. The third-order valence-corrected chi connectivity index (χ3v) is 3.35. The number of nitrogens with zero attached hydrogens (tertiary/aromatic N) is 2. The van der Waals surface area contributed by atoms with Crippen molar-refractivity contribution in [3.8, 4) is 28.1 Å². The van der Waals surface area contributed by atoms with E-state index in [0.717, 1.165) is 0 Å². The van der Waals surface area contributed by atoms with Gasteiger partial charge < -0.3 is 16.2 Å². The number of nitrogens with two attached hydrogens (primary N) is 2. The molecule has 0 atom stereocenters. The van der Waals surface area contributed by atoms with E-state index in [4.69, 9.17) is 11.5 Å². The first-order valence-electron chi connectivity index (χ1n) is 7.17. The summed E-state index contributed by atoms with van der Waals surface area (Å²) in [6.45, 7) is 0. The van der Waals surface area contributed by atoms with Gasteiger partial charge >= 0.3 is 6.36 Å². The number of benzene rings is 2. The van der Waals surface area contributed by atoms with Crippen LogP contribution in [0.4, 0.5) is 24.9 Å². The number of rotatable bonds is 3. The van der Waals surface area contributed by atoms with Crippen LogP contribution in [0.25, 0.3) is 22.4 Å². The van der Waals surface area contributed by atoms with E-state index in [1.54, 1.807) is 36.4 Å². The van der Waals surface area contributed by atoms with Crippen LogP contribution < -0.4 is 16.2 Å². The average Bonchev–Trinajstić information content (AvgIpc) is 2.53. The normalized spacial score (nSPS) is 10.9. The lowest BCUT2D eigenvalue weighted by molar-refractivity contribution is -0.274. The highest BCUT2D eigenvalue weighted by atomic mass is 19.4. The molecule has 0 aliphatic heterocycles. The molecule has 3 aromatic rings. The Morgan fingerprint density at radius 2 is 1.54 bits per heavy atom. The average molecular weight is 362 g/mol. The molecular formula is C18H17F3N4O. The van der Waals surface area contributed by atoms with E-state index in [-0.39, 0.29) is 24.9 Å². The van der Waals surface area contributed by atoms with Crippen molar-refractivity contribution >= 4 is 11.8 Å². The molecular weight excluding hydrogens is 345 g/mol. The second-order valence-electron chi connectivity index (χ2n) is 5.16. The number of aromatic nitrogens is 2. The zero-order valence-corrected chi connectivity index (χ0v) is 12.8. The fourth-order valence-electron chi connectivity index (χ4n) is 2.40. The Balaban J connectivity index is 0.00000243. The molecule has 0 aliphatic carbocycles. The van der Waals surface area contributed by atoms with Crippen LogP contribution in [0.15, 0.2) is 54.6 Å². The molecule has 0 amide bonds. The SMILES string of the molecule is C.Nc1cc(-c2cccc(-c3ccccc3OC(F)(F)F)c2)nc(N)n1. The molecule has 8 heteroatoms. The summed E-state index contributed by atoms with van der Waals surface area (Å²) in [6.07, 6.45) is -4.77. The topological polar surface area (TPSA) is 87.0 Å². The number of halogens is 3. The van der Waals surface area contributed by atoms with Gasteiger partial charge in [-0.1, -0.05) is 43.8 Å². The molecule has 1 heterocycles. The van der Waals surface area contributed by atoms with Gasteiger partial charge in [-0.05, 0) is 17.7 Å². The lowest BCUT2D eigenvalue weighted by Gasteiger charge is -2.14. The van der Waals surface area contributed by atoms with Crippen molar-refractivity contribution in [1.82, 2.24) is 9.97 Å². The van der Waals surface area contributed by atoms with Gasteiger partial charge in [0.1, 0.15) is 11.6 Å². The number of anilines is 2. The molecule has 0 radical (unpaired) electrons. The van der Waals surface area contributed by atoms with Crippen LogP contribution in [0.3, 0.4) is 0 Å². The maximum atomic E-state index is 12.6. The highest BCUT2D eigenvalue weighted by Crippen LogP contribution is 2.35. The van der Waals surface area contributed by atoms with Gasteiger partial charge in [-0.2, -0.15) is 4.98 Å². The third kappa shape index (κ3) is 4.41. The Kier molecular flexibility index (Phi) is 5.35. The number of alkyl halides is 3. The fraction of sp³-hybridized carbons (Fsp3) is 0.111. The Morgan fingerprint density at radius 3 is 2.23 bits per heavy atom. The summed E-state index contributed by atoms with van der Waals surface area (Å²) >= 11 is 0. The van der Waals surface area contributed by atoms with Crippen molar-refractivity contribution in [3.63, 3.8) is 0 Å². The van der Waals surface area contributed by atoms with Crippen LogP contribution in [0, 0.1) is 0 Å². The van der Waals surface area contributed by atoms with E-state index in [9.17, 15) is 13.2 Å². The molecule has 0 fully saturated rings. The van der Waals surface area contributed by atoms with Gasteiger partial charge in [0.25, 0.3) is 0 Å². The molecule has 0 bridgehead atoms. The van der Waals surface area contributed by atoms with Crippen molar-refractivity contribution in [1.29, 1.82) is 0 Å². The maximum absolute atomic E-state index is 12.6. The summed E-state index contributed by atoms with van der Waals surface area (Å²) in [5.41, 5.74) is 13.2. The van der Waals surface area contributed by atoms with Crippen LogP contribution in [-0.2, 0) is 0 Å². The van der Waals surface area contributed by atoms with Gasteiger partial charge in [-0.25, -0.2) is 4.98 Å². The van der Waals surface area contributed by atoms with E-state index in [0.29, 0.717) is 22.4 Å². The van der Waals surface area contributed by atoms with E-state index in [1.807, 2.05) is 0 Å². The summed E-state index contributed by atoms with van der Waals surface area (Å²) in [7, 11) is 0. The number of ether oxygens (including phenoxy) is 1. The molecule has 4 N–H and O–H groups in total. The van der Waals surface area contributed by atoms with Gasteiger partial charge in [0.05, 0.1) is 5.69 Å². The second kappa shape index (κ2) is 7.30. The Hall–Kier alpha value is -3.29. The minimum atomic E-state index is -4.77. The minimum Gasteiger partial charge on any atom is -0.405 e. The van der Waals surface area contributed by atoms with E-state index in [2.05, 4.69) is 14.7 Å². The molecule has 0 spiro atoms. The van der Waals surface area contributed by atoms with Gasteiger partial charge in [-0.3, -0.25) is 0 Å². The molecule has 5 nitrogen and oxygen atoms in total. The van der Waals surface area contributed by atoms with E-state index < -0.39 is 6.36 Å². The van der Waals surface area contributed by atoms with Crippen LogP contribution in [0.5, 0.6) is 5.75 Å². The Labute approximate surface area is 148 Å². The van der Waals surface area contributed by atoms with Crippen LogP contribution in [0.1, 0.15) is 7.43 Å². The van der Waals surface area contributed by atoms with Crippen molar-refractivity contribution in [2.45, 2.75) is 13.8 Å². The monoisotopic (exact) mass is 362 g/mol. The largest absolute Gasteiger partial charge is 0.573 e. The van der Waals surface area contributed by atoms with Gasteiger partial charge in [-0.15, -0.1) is 13.2 Å². The molecule has 0 aliphatic rings. The smallest absolute Gasteiger partial charge is 0.405 e. The zero-order valence-electron chi connectivity index (χ0n) is 12.8. The fourth-order valence-corrected chi connectivity index (χ4v) is 2.40. The highest BCUT2D eigenvalue weighted by molar-refractivity contribution is 5.76. The Morgan fingerprint density at radius 1 is 0.846 bits per heavy atom. The lowest BCUT2D eigenvalue weighted by Crippen LogP contribution is -2.17. The van der Waals surface area contributed by atoms with Gasteiger partial charge in [0.15, 0.2) is 0 Å². The Bertz CT molecular complexity index is 893. The molecule has 26 heavy (non-hydrogen) atoms. The first kappa shape index (κ1) is 19.0. The quantitative estimate of drug-likeness (QED) is 0.716. The predicted octanol–water partition coefficient (Wildman–Crippen LogP) is 4.51. The molecule has 0 saturated carbocycles. The van der Waals surface area contributed by atoms with Crippen LogP contribution >= 0.6 is 0 Å². The second-order valence-corrected chi connectivity index (χ2v) is 5.16. The van der Waals surface area contributed by atoms with Gasteiger partial charge in [0.2, 0.25) is 5.95 Å². The summed E-state index contributed by atoms with van der Waals surface area (Å²) < 4.78 is 41.9. The number of hydrogen-bond donors (Lipinski definition) is 2. The third-order valence-electron chi connectivity index (χ3n) is 3.35. The van der Waals surface area contributed by atoms with Gasteiger partial charge in [0, 0.05) is 17.2 Å². The number of nitrogen functional groups attached to an aromatic ring is 2. The molecule has 2 aromatic carbocycles. The summed E-state index contributed by atoms with van der Waals surface area (Å²) in [5, 5.41) is 0.